The van der Waals surface area contributed by atoms with Gasteiger partial charge < -0.3 is 18.8 Å². The fraction of sp³-hybridized carbons (Fsp3) is 0.273. The SMILES string of the molecule is COc1ccc(/C=C/C(=O)OCCCn2c(C)nc3ccccc32)cc1OC. The molecule has 0 atom stereocenters. The van der Waals surface area contributed by atoms with Crippen LogP contribution in [0.1, 0.15) is 17.8 Å². The molecule has 3 rings (SSSR count). The molecule has 1 aromatic heterocycles. The van der Waals surface area contributed by atoms with Gasteiger partial charge in [0.2, 0.25) is 0 Å². The van der Waals surface area contributed by atoms with Gasteiger partial charge in [-0.05, 0) is 49.2 Å². The zero-order valence-corrected chi connectivity index (χ0v) is 16.3. The van der Waals surface area contributed by atoms with Crippen molar-refractivity contribution in [1.29, 1.82) is 0 Å². The van der Waals surface area contributed by atoms with Crippen LogP contribution in [-0.2, 0) is 16.1 Å². The molecule has 0 unspecified atom stereocenters. The molecule has 2 aromatic carbocycles. The zero-order valence-electron chi connectivity index (χ0n) is 16.3. The zero-order chi connectivity index (χ0) is 19.9. The van der Waals surface area contributed by atoms with Gasteiger partial charge in [0.05, 0.1) is 31.9 Å². The summed E-state index contributed by atoms with van der Waals surface area (Å²) in [6.07, 6.45) is 3.83. The molecule has 0 N–H and O–H groups in total. The molecule has 0 radical (unpaired) electrons. The summed E-state index contributed by atoms with van der Waals surface area (Å²) in [5.41, 5.74) is 2.91. The number of hydrogen-bond donors (Lipinski definition) is 0. The Bertz CT molecular complexity index is 991. The van der Waals surface area contributed by atoms with Gasteiger partial charge in [-0.3, -0.25) is 0 Å². The number of esters is 1. The first-order valence-electron chi connectivity index (χ1n) is 9.11. The first-order chi connectivity index (χ1) is 13.6. The van der Waals surface area contributed by atoms with E-state index < -0.39 is 0 Å². The molecule has 0 saturated carbocycles. The molecule has 0 amide bonds. The number of hydrogen-bond acceptors (Lipinski definition) is 5. The molecule has 0 aliphatic heterocycles. The van der Waals surface area contributed by atoms with E-state index in [0.717, 1.165) is 35.4 Å². The van der Waals surface area contributed by atoms with E-state index in [1.165, 1.54) is 6.08 Å². The number of fused-ring (bicyclic) bond motifs is 1. The Hall–Kier alpha value is -3.28. The van der Waals surface area contributed by atoms with Crippen LogP contribution in [-0.4, -0.2) is 36.3 Å². The number of carbonyl (C=O) groups excluding carboxylic acids is 1. The lowest BCUT2D eigenvalue weighted by molar-refractivity contribution is -0.137. The minimum Gasteiger partial charge on any atom is -0.493 e. The summed E-state index contributed by atoms with van der Waals surface area (Å²) in [7, 11) is 3.16. The number of benzene rings is 2. The normalized spacial score (nSPS) is 11.1. The van der Waals surface area contributed by atoms with Crippen LogP contribution in [0.3, 0.4) is 0 Å². The average Bonchev–Trinajstić information content (AvgIpc) is 3.04. The van der Waals surface area contributed by atoms with Gasteiger partial charge in [-0.25, -0.2) is 9.78 Å². The molecule has 28 heavy (non-hydrogen) atoms. The van der Waals surface area contributed by atoms with Crippen molar-refractivity contribution in [3.05, 3.63) is 59.9 Å². The van der Waals surface area contributed by atoms with Gasteiger partial charge in [-0.2, -0.15) is 0 Å². The highest BCUT2D eigenvalue weighted by molar-refractivity contribution is 5.87. The molecule has 6 heteroatoms. The largest absolute Gasteiger partial charge is 0.493 e. The lowest BCUT2D eigenvalue weighted by Gasteiger charge is -2.08. The van der Waals surface area contributed by atoms with Crippen molar-refractivity contribution in [1.82, 2.24) is 9.55 Å². The second-order valence-electron chi connectivity index (χ2n) is 6.27. The lowest BCUT2D eigenvalue weighted by atomic mass is 10.2. The van der Waals surface area contributed by atoms with Crippen LogP contribution in [0.15, 0.2) is 48.5 Å². The van der Waals surface area contributed by atoms with E-state index in [1.807, 2.05) is 37.3 Å². The fourth-order valence-corrected chi connectivity index (χ4v) is 3.04. The van der Waals surface area contributed by atoms with Crippen LogP contribution in [0.5, 0.6) is 11.5 Å². The molecule has 1 heterocycles. The van der Waals surface area contributed by atoms with Crippen LogP contribution in [0.4, 0.5) is 0 Å². The number of rotatable bonds is 8. The number of aryl methyl sites for hydroxylation is 2. The van der Waals surface area contributed by atoms with E-state index in [0.29, 0.717) is 18.1 Å². The van der Waals surface area contributed by atoms with Gasteiger partial charge in [0.25, 0.3) is 0 Å². The van der Waals surface area contributed by atoms with Crippen LogP contribution in [0, 0.1) is 6.92 Å². The Balaban J connectivity index is 1.50. The van der Waals surface area contributed by atoms with Crippen molar-refractivity contribution in [2.75, 3.05) is 20.8 Å². The summed E-state index contributed by atoms with van der Waals surface area (Å²) in [6, 6.07) is 13.5. The highest BCUT2D eigenvalue weighted by Gasteiger charge is 2.07. The van der Waals surface area contributed by atoms with E-state index >= 15 is 0 Å². The van der Waals surface area contributed by atoms with Crippen LogP contribution < -0.4 is 9.47 Å². The second-order valence-corrected chi connectivity index (χ2v) is 6.27. The van der Waals surface area contributed by atoms with Gasteiger partial charge in [-0.15, -0.1) is 0 Å². The third-order valence-electron chi connectivity index (χ3n) is 4.44. The maximum absolute atomic E-state index is 12.0. The molecule has 6 nitrogen and oxygen atoms in total. The van der Waals surface area contributed by atoms with E-state index in [1.54, 1.807) is 32.4 Å². The minimum absolute atomic E-state index is 0.348. The van der Waals surface area contributed by atoms with E-state index in [9.17, 15) is 4.79 Å². The summed E-state index contributed by atoms with van der Waals surface area (Å²) in [4.78, 5) is 16.5. The first kappa shape index (κ1) is 19.5. The number of aromatic nitrogens is 2. The van der Waals surface area contributed by atoms with Gasteiger partial charge in [-0.1, -0.05) is 18.2 Å². The fourth-order valence-electron chi connectivity index (χ4n) is 3.04. The van der Waals surface area contributed by atoms with Crippen molar-refractivity contribution >= 4 is 23.1 Å². The number of carbonyl (C=O) groups is 1. The van der Waals surface area contributed by atoms with Crippen molar-refractivity contribution in [2.45, 2.75) is 19.9 Å². The predicted octanol–water partition coefficient (Wildman–Crippen LogP) is 4.01. The van der Waals surface area contributed by atoms with Crippen molar-refractivity contribution in [3.63, 3.8) is 0 Å². The number of methoxy groups -OCH3 is 2. The summed E-state index contributed by atoms with van der Waals surface area (Å²) in [5.74, 6) is 1.84. The third kappa shape index (κ3) is 4.52. The average molecular weight is 380 g/mol. The number of para-hydroxylation sites is 2. The molecule has 0 spiro atoms. The summed E-state index contributed by atoms with van der Waals surface area (Å²) < 4.78 is 17.9. The molecule has 0 bridgehead atoms. The van der Waals surface area contributed by atoms with Crippen LogP contribution in [0.2, 0.25) is 0 Å². The Labute approximate surface area is 164 Å². The van der Waals surface area contributed by atoms with E-state index in [-0.39, 0.29) is 5.97 Å². The maximum atomic E-state index is 12.0. The molecule has 0 saturated heterocycles. The molecule has 0 aliphatic rings. The van der Waals surface area contributed by atoms with Crippen molar-refractivity contribution < 1.29 is 19.0 Å². The summed E-state index contributed by atoms with van der Waals surface area (Å²) in [5, 5.41) is 0. The molecular formula is C22H24N2O4. The monoisotopic (exact) mass is 380 g/mol. The number of imidazole rings is 1. The Morgan fingerprint density at radius 2 is 1.89 bits per heavy atom. The minimum atomic E-state index is -0.373. The number of ether oxygens (including phenoxy) is 3. The maximum Gasteiger partial charge on any atom is 0.330 e. The smallest absolute Gasteiger partial charge is 0.330 e. The topological polar surface area (TPSA) is 62.6 Å². The molecule has 0 aliphatic carbocycles. The quantitative estimate of drug-likeness (QED) is 0.336. The van der Waals surface area contributed by atoms with Gasteiger partial charge in [0.1, 0.15) is 5.82 Å². The highest BCUT2D eigenvalue weighted by Crippen LogP contribution is 2.27. The molecule has 146 valence electrons. The Kier molecular flexibility index (Phi) is 6.32. The predicted molar refractivity (Wildman–Crippen MR) is 109 cm³/mol. The number of nitrogens with zero attached hydrogens (tertiary/aromatic N) is 2. The third-order valence-corrected chi connectivity index (χ3v) is 4.44. The summed E-state index contributed by atoms with van der Waals surface area (Å²) >= 11 is 0. The van der Waals surface area contributed by atoms with Crippen LogP contribution >= 0.6 is 0 Å². The standard InChI is InChI=1S/C22H24N2O4/c1-16-23-18-7-4-5-8-19(18)24(16)13-6-14-28-22(25)12-10-17-9-11-20(26-2)21(15-17)27-3/h4-5,7-12,15H,6,13-14H2,1-3H3/b12-10+. The van der Waals surface area contributed by atoms with E-state index in [2.05, 4.69) is 9.55 Å². The summed E-state index contributed by atoms with van der Waals surface area (Å²) in [6.45, 7) is 3.08. The van der Waals surface area contributed by atoms with Gasteiger partial charge in [0.15, 0.2) is 11.5 Å². The van der Waals surface area contributed by atoms with Crippen molar-refractivity contribution in [3.8, 4) is 11.5 Å². The Morgan fingerprint density at radius 3 is 2.68 bits per heavy atom. The van der Waals surface area contributed by atoms with Crippen LogP contribution in [0.25, 0.3) is 17.1 Å². The second kappa shape index (κ2) is 9.08. The van der Waals surface area contributed by atoms with E-state index in [4.69, 9.17) is 14.2 Å². The van der Waals surface area contributed by atoms with Crippen molar-refractivity contribution in [2.24, 2.45) is 0 Å². The van der Waals surface area contributed by atoms with Gasteiger partial charge >= 0.3 is 5.97 Å². The molecular weight excluding hydrogens is 356 g/mol. The first-order valence-corrected chi connectivity index (χ1v) is 9.11. The highest BCUT2D eigenvalue weighted by atomic mass is 16.5. The molecule has 3 aromatic rings. The van der Waals surface area contributed by atoms with Gasteiger partial charge in [0, 0.05) is 12.6 Å². The Morgan fingerprint density at radius 1 is 1.11 bits per heavy atom. The molecule has 0 fully saturated rings. The lowest BCUT2D eigenvalue weighted by Crippen LogP contribution is -2.07.